The molecule has 2 atom stereocenters. The highest BCUT2D eigenvalue weighted by Gasteiger charge is 2.41. The monoisotopic (exact) mass is 420 g/mol. The molecule has 156 valence electrons. The Morgan fingerprint density at radius 2 is 1.87 bits per heavy atom. The van der Waals surface area contributed by atoms with E-state index in [0.29, 0.717) is 6.61 Å². The van der Waals surface area contributed by atoms with Gasteiger partial charge in [-0.15, -0.1) is 0 Å². The summed E-state index contributed by atoms with van der Waals surface area (Å²) in [4.78, 5) is 6.87. The van der Waals surface area contributed by atoms with Crippen LogP contribution in [0.2, 0.25) is 0 Å². The first-order chi connectivity index (χ1) is 14.5. The summed E-state index contributed by atoms with van der Waals surface area (Å²) in [7, 11) is 1.72. The molecule has 1 fully saturated rings. The number of para-hydroxylation sites is 1. The van der Waals surface area contributed by atoms with Gasteiger partial charge in [0.25, 0.3) is 0 Å². The fraction of sp³-hybridized carbons (Fsp3) is 0.333. The van der Waals surface area contributed by atoms with Crippen molar-refractivity contribution in [2.75, 3.05) is 20.3 Å². The van der Waals surface area contributed by atoms with E-state index in [9.17, 15) is 0 Å². The molecule has 1 aliphatic rings. The summed E-state index contributed by atoms with van der Waals surface area (Å²) in [5, 5.41) is 4.26. The van der Waals surface area contributed by atoms with Crippen LogP contribution in [0, 0.1) is 20.8 Å². The number of nitrogens with one attached hydrogen (secondary N) is 1. The molecule has 0 spiro atoms. The minimum atomic E-state index is -0.0126. The number of nitrogens with zero attached hydrogens (tertiary/aromatic N) is 3. The van der Waals surface area contributed by atoms with E-state index in [4.69, 9.17) is 17.0 Å². The van der Waals surface area contributed by atoms with Crippen LogP contribution in [0.5, 0.6) is 0 Å². The lowest BCUT2D eigenvalue weighted by Gasteiger charge is -2.28. The lowest BCUT2D eigenvalue weighted by atomic mass is 9.97. The maximum atomic E-state index is 5.73. The Morgan fingerprint density at radius 3 is 2.57 bits per heavy atom. The molecule has 1 saturated heterocycles. The molecule has 0 amide bonds. The molecule has 1 N–H and O–H groups in total. The molecule has 4 rings (SSSR count). The van der Waals surface area contributed by atoms with Gasteiger partial charge in [0.05, 0.1) is 24.4 Å². The van der Waals surface area contributed by atoms with Crippen LogP contribution in [-0.4, -0.2) is 39.8 Å². The second-order valence-electron chi connectivity index (χ2n) is 7.76. The van der Waals surface area contributed by atoms with Gasteiger partial charge in [-0.2, -0.15) is 0 Å². The first-order valence-electron chi connectivity index (χ1n) is 10.2. The molecule has 6 heteroatoms. The van der Waals surface area contributed by atoms with Crippen molar-refractivity contribution < 1.29 is 4.74 Å². The van der Waals surface area contributed by atoms with Gasteiger partial charge in [0.15, 0.2) is 5.11 Å². The third kappa shape index (κ3) is 3.61. The van der Waals surface area contributed by atoms with E-state index in [1.807, 2.05) is 18.3 Å². The van der Waals surface area contributed by atoms with Crippen molar-refractivity contribution in [3.8, 4) is 5.69 Å². The summed E-state index contributed by atoms with van der Waals surface area (Å²) < 4.78 is 7.71. The molecule has 30 heavy (non-hydrogen) atoms. The lowest BCUT2D eigenvalue weighted by Crippen LogP contribution is -2.32. The second kappa shape index (κ2) is 8.58. The number of hydrogen-bond acceptors (Lipinski definition) is 3. The molecule has 5 nitrogen and oxygen atoms in total. The Kier molecular flexibility index (Phi) is 5.88. The van der Waals surface area contributed by atoms with Crippen LogP contribution >= 0.6 is 12.2 Å². The molecule has 2 aromatic heterocycles. The maximum Gasteiger partial charge on any atom is 0.170 e. The number of hydrogen-bond donors (Lipinski definition) is 1. The molecule has 3 aromatic rings. The summed E-state index contributed by atoms with van der Waals surface area (Å²) in [6, 6.07) is 16.9. The van der Waals surface area contributed by atoms with Crippen LogP contribution in [0.4, 0.5) is 0 Å². The highest BCUT2D eigenvalue weighted by Crippen LogP contribution is 2.41. The van der Waals surface area contributed by atoms with Crippen molar-refractivity contribution >= 4 is 17.3 Å². The zero-order valence-corrected chi connectivity index (χ0v) is 18.7. The SMILES string of the molecule is COCCN1C(=S)N[C@H](c2ccccn2)[C@H]1c1cc(C)n(-c2ccccc2C)c1C. The van der Waals surface area contributed by atoms with E-state index >= 15 is 0 Å². The van der Waals surface area contributed by atoms with Gasteiger partial charge in [-0.05, 0) is 68.4 Å². The Hall–Kier alpha value is -2.70. The Labute approximate surface area is 183 Å². The molecular weight excluding hydrogens is 392 g/mol. The van der Waals surface area contributed by atoms with Crippen molar-refractivity contribution in [2.24, 2.45) is 0 Å². The van der Waals surface area contributed by atoms with Crippen LogP contribution in [0.25, 0.3) is 5.69 Å². The third-order valence-electron chi connectivity index (χ3n) is 5.88. The topological polar surface area (TPSA) is 42.3 Å². The van der Waals surface area contributed by atoms with Crippen molar-refractivity contribution in [3.05, 3.63) is 82.9 Å². The van der Waals surface area contributed by atoms with E-state index < -0.39 is 0 Å². The fourth-order valence-electron chi connectivity index (χ4n) is 4.45. The molecule has 0 unspecified atom stereocenters. The Morgan fingerprint density at radius 1 is 1.10 bits per heavy atom. The van der Waals surface area contributed by atoms with Crippen LogP contribution in [0.3, 0.4) is 0 Å². The van der Waals surface area contributed by atoms with E-state index in [1.165, 1.54) is 28.2 Å². The summed E-state index contributed by atoms with van der Waals surface area (Å²) in [5.41, 5.74) is 7.15. The van der Waals surface area contributed by atoms with Crippen molar-refractivity contribution in [1.29, 1.82) is 0 Å². The quantitative estimate of drug-likeness (QED) is 0.598. The fourth-order valence-corrected chi connectivity index (χ4v) is 4.78. The molecule has 3 heterocycles. The number of benzene rings is 1. The maximum absolute atomic E-state index is 5.73. The van der Waals surface area contributed by atoms with Crippen LogP contribution in [0.15, 0.2) is 54.7 Å². The average Bonchev–Trinajstić information content (AvgIpc) is 3.23. The van der Waals surface area contributed by atoms with Crippen LogP contribution in [0.1, 0.15) is 40.3 Å². The number of thiocarbonyl (C=S) groups is 1. The molecule has 0 aliphatic carbocycles. The third-order valence-corrected chi connectivity index (χ3v) is 6.23. The first kappa shape index (κ1) is 20.6. The van der Waals surface area contributed by atoms with E-state index in [2.05, 4.69) is 76.9 Å². The predicted octanol–water partition coefficient (Wildman–Crippen LogP) is 4.42. The van der Waals surface area contributed by atoms with Gasteiger partial charge in [-0.3, -0.25) is 4.98 Å². The van der Waals surface area contributed by atoms with Crippen molar-refractivity contribution in [3.63, 3.8) is 0 Å². The molecule has 1 aliphatic heterocycles. The van der Waals surface area contributed by atoms with Crippen LogP contribution in [-0.2, 0) is 4.74 Å². The minimum Gasteiger partial charge on any atom is -0.383 e. The largest absolute Gasteiger partial charge is 0.383 e. The number of aromatic nitrogens is 2. The van der Waals surface area contributed by atoms with Crippen LogP contribution < -0.4 is 5.32 Å². The number of pyridine rings is 1. The number of rotatable bonds is 6. The number of ether oxygens (including phenoxy) is 1. The standard InChI is InChI=1S/C24H28N4OS/c1-16-9-5-6-11-21(16)28-17(2)15-19(18(28)3)23-22(20-10-7-8-12-25-20)26-24(30)27(23)13-14-29-4/h5-12,15,22-23H,13-14H2,1-4H3,(H,26,30)/t22-,23-/m1/s1. The predicted molar refractivity (Wildman–Crippen MR) is 124 cm³/mol. The van der Waals surface area contributed by atoms with Gasteiger partial charge in [-0.1, -0.05) is 24.3 Å². The Bertz CT molecular complexity index is 1050. The van der Waals surface area contributed by atoms with Gasteiger partial charge in [-0.25, -0.2) is 0 Å². The minimum absolute atomic E-state index is 0.0126. The molecule has 0 bridgehead atoms. The highest BCUT2D eigenvalue weighted by atomic mass is 32.1. The molecular formula is C24H28N4OS. The van der Waals surface area contributed by atoms with Gasteiger partial charge in [0, 0.05) is 36.9 Å². The lowest BCUT2D eigenvalue weighted by molar-refractivity contribution is 0.164. The first-order valence-corrected chi connectivity index (χ1v) is 10.7. The van der Waals surface area contributed by atoms with Gasteiger partial charge in [0.2, 0.25) is 0 Å². The van der Waals surface area contributed by atoms with E-state index in [1.54, 1.807) is 7.11 Å². The van der Waals surface area contributed by atoms with Gasteiger partial charge >= 0.3 is 0 Å². The zero-order chi connectivity index (χ0) is 21.3. The van der Waals surface area contributed by atoms with Crippen molar-refractivity contribution in [1.82, 2.24) is 19.8 Å². The Balaban J connectivity index is 1.83. The van der Waals surface area contributed by atoms with E-state index in [0.717, 1.165) is 17.4 Å². The normalized spacial score (nSPS) is 18.7. The average molecular weight is 421 g/mol. The number of methoxy groups -OCH3 is 1. The summed E-state index contributed by atoms with van der Waals surface area (Å²) in [6.07, 6.45) is 1.84. The van der Waals surface area contributed by atoms with Crippen molar-refractivity contribution in [2.45, 2.75) is 32.9 Å². The highest BCUT2D eigenvalue weighted by molar-refractivity contribution is 7.80. The molecule has 0 saturated carbocycles. The molecule has 1 aromatic carbocycles. The summed E-state index contributed by atoms with van der Waals surface area (Å²) in [6.45, 7) is 7.86. The smallest absolute Gasteiger partial charge is 0.170 e. The summed E-state index contributed by atoms with van der Waals surface area (Å²) in [5.74, 6) is 0. The number of aryl methyl sites for hydroxylation is 2. The van der Waals surface area contributed by atoms with Gasteiger partial charge in [0.1, 0.15) is 0 Å². The summed E-state index contributed by atoms with van der Waals surface area (Å²) >= 11 is 5.73. The zero-order valence-electron chi connectivity index (χ0n) is 17.9. The van der Waals surface area contributed by atoms with Gasteiger partial charge < -0.3 is 19.5 Å². The molecule has 0 radical (unpaired) electrons. The van der Waals surface area contributed by atoms with E-state index in [-0.39, 0.29) is 12.1 Å². The second-order valence-corrected chi connectivity index (χ2v) is 8.15.